The van der Waals surface area contributed by atoms with E-state index in [1.54, 1.807) is 0 Å². The summed E-state index contributed by atoms with van der Waals surface area (Å²) in [5.74, 6) is -0.368. The largest absolute Gasteiger partial charge is 0.464 e. The van der Waals surface area contributed by atoms with E-state index in [9.17, 15) is 9.59 Å². The molecule has 7 heteroatoms. The lowest BCUT2D eigenvalue weighted by atomic mass is 10.0. The lowest BCUT2D eigenvalue weighted by Gasteiger charge is -2.17. The zero-order valence-corrected chi connectivity index (χ0v) is 31.4. The Balaban J connectivity index is 3.96. The number of rotatable bonds is 37. The molecule has 0 fully saturated rings. The quantitative estimate of drug-likeness (QED) is 0.0264. The number of carbonyl (C=O) groups is 2. The second-order valence-electron chi connectivity index (χ2n) is 14.0. The molecule has 0 aliphatic carbocycles. The van der Waals surface area contributed by atoms with E-state index in [1.807, 2.05) is 0 Å². The van der Waals surface area contributed by atoms with Crippen molar-refractivity contribution in [1.29, 1.82) is 0 Å². The molecule has 47 heavy (non-hydrogen) atoms. The van der Waals surface area contributed by atoms with Gasteiger partial charge in [0, 0.05) is 13.0 Å². The molecule has 0 aromatic heterocycles. The number of unbranched alkanes of at least 4 members (excludes halogenated alkanes) is 27. The number of nitrogens with one attached hydrogen (secondary N) is 1. The number of carbonyl (C=O) groups excluding carboxylic acids is 2. The van der Waals surface area contributed by atoms with Crippen molar-refractivity contribution in [3.8, 4) is 0 Å². The highest BCUT2D eigenvalue weighted by Gasteiger charge is 2.21. The minimum Gasteiger partial charge on any atom is -0.464 e. The van der Waals surface area contributed by atoms with E-state index in [-0.39, 0.29) is 17.8 Å². The van der Waals surface area contributed by atoms with E-state index in [1.165, 1.54) is 161 Å². The topological polar surface area (TPSA) is 120 Å². The van der Waals surface area contributed by atoms with Gasteiger partial charge in [-0.3, -0.25) is 9.79 Å². The van der Waals surface area contributed by atoms with Crippen LogP contribution >= 0.6 is 0 Å². The third kappa shape index (κ3) is 35.3. The first kappa shape index (κ1) is 45.2. The molecule has 0 saturated carbocycles. The molecule has 0 aromatic rings. The van der Waals surface area contributed by atoms with Crippen molar-refractivity contribution >= 4 is 17.8 Å². The summed E-state index contributed by atoms with van der Waals surface area (Å²) >= 11 is 0. The number of guanidine groups is 1. The smallest absolute Gasteiger partial charge is 0.328 e. The monoisotopic (exact) mass is 665 g/mol. The first-order valence-electron chi connectivity index (χ1n) is 20.5. The van der Waals surface area contributed by atoms with Crippen molar-refractivity contribution in [2.24, 2.45) is 16.5 Å². The first-order valence-corrected chi connectivity index (χ1v) is 20.5. The SMILES string of the molecule is CCCCCCCCCCCCCCCCCCOC(=O)[C@H](CCCN=C(N)N)NC(=O)CCCCCCCCCCCCCCC. The van der Waals surface area contributed by atoms with Gasteiger partial charge in [-0.2, -0.15) is 0 Å². The normalized spacial score (nSPS) is 11.8. The maximum absolute atomic E-state index is 12.8. The maximum Gasteiger partial charge on any atom is 0.328 e. The molecule has 0 bridgehead atoms. The fourth-order valence-electron chi connectivity index (χ4n) is 6.25. The van der Waals surface area contributed by atoms with Gasteiger partial charge in [0.05, 0.1) is 6.61 Å². The molecule has 0 saturated heterocycles. The van der Waals surface area contributed by atoms with Crippen LogP contribution in [0.3, 0.4) is 0 Å². The van der Waals surface area contributed by atoms with Crippen LogP contribution in [0.1, 0.15) is 219 Å². The molecule has 0 aliphatic heterocycles. The molecule has 0 aromatic carbocycles. The Kier molecular flexibility index (Phi) is 35.6. The number of esters is 1. The van der Waals surface area contributed by atoms with Crippen LogP contribution in [0.5, 0.6) is 0 Å². The minimum atomic E-state index is -0.639. The van der Waals surface area contributed by atoms with Gasteiger partial charge in [0.2, 0.25) is 5.91 Å². The number of aliphatic imine (C=N–C) groups is 1. The molecule has 0 heterocycles. The highest BCUT2D eigenvalue weighted by molar-refractivity contribution is 5.84. The van der Waals surface area contributed by atoms with E-state index >= 15 is 0 Å². The predicted molar refractivity (Wildman–Crippen MR) is 203 cm³/mol. The van der Waals surface area contributed by atoms with E-state index in [0.29, 0.717) is 32.4 Å². The van der Waals surface area contributed by atoms with Crippen LogP contribution in [0.2, 0.25) is 0 Å². The summed E-state index contributed by atoms with van der Waals surface area (Å²) in [6.45, 7) is 5.39. The van der Waals surface area contributed by atoms with Gasteiger partial charge in [0.25, 0.3) is 0 Å². The van der Waals surface area contributed by atoms with Crippen molar-refractivity contribution in [3.05, 3.63) is 0 Å². The Hall–Kier alpha value is -1.79. The summed E-state index contributed by atoms with van der Waals surface area (Å²) < 4.78 is 5.59. The molecular formula is C40H80N4O3. The van der Waals surface area contributed by atoms with Gasteiger partial charge in [-0.15, -0.1) is 0 Å². The number of nitrogens with zero attached hydrogens (tertiary/aromatic N) is 1. The highest BCUT2D eigenvalue weighted by atomic mass is 16.5. The molecule has 7 nitrogen and oxygen atoms in total. The lowest BCUT2D eigenvalue weighted by molar-refractivity contribution is -0.148. The molecule has 5 N–H and O–H groups in total. The van der Waals surface area contributed by atoms with Gasteiger partial charge in [0.15, 0.2) is 5.96 Å². The minimum absolute atomic E-state index is 0.0408. The third-order valence-electron chi connectivity index (χ3n) is 9.31. The van der Waals surface area contributed by atoms with Gasteiger partial charge in [0.1, 0.15) is 6.04 Å². The van der Waals surface area contributed by atoms with E-state index in [0.717, 1.165) is 25.7 Å². The standard InChI is InChI=1S/C40H80N4O3/c1-3-5-7-9-11-13-15-17-18-19-21-23-25-27-29-31-36-47-39(46)37(33-32-35-43-40(41)42)44-38(45)34-30-28-26-24-22-20-16-14-12-10-8-6-4-2/h37H,3-36H2,1-2H3,(H,44,45)(H4,41,42,43)/t37-/m0/s1. The molecule has 1 atom stereocenters. The molecule has 1 amide bonds. The van der Waals surface area contributed by atoms with Crippen molar-refractivity contribution < 1.29 is 14.3 Å². The van der Waals surface area contributed by atoms with Crippen molar-refractivity contribution in [3.63, 3.8) is 0 Å². The van der Waals surface area contributed by atoms with Crippen LogP contribution < -0.4 is 16.8 Å². The molecular weight excluding hydrogens is 584 g/mol. The zero-order chi connectivity index (χ0) is 34.5. The fraction of sp³-hybridized carbons (Fsp3) is 0.925. The van der Waals surface area contributed by atoms with Crippen LogP contribution in [0, 0.1) is 0 Å². The summed E-state index contributed by atoms with van der Waals surface area (Å²) in [6.07, 6.45) is 39.1. The van der Waals surface area contributed by atoms with Crippen molar-refractivity contribution in [2.75, 3.05) is 13.2 Å². The van der Waals surface area contributed by atoms with Gasteiger partial charge in [-0.25, -0.2) is 4.79 Å². The Morgan fingerprint density at radius 2 is 0.894 bits per heavy atom. The predicted octanol–water partition coefficient (Wildman–Crippen LogP) is 10.8. The summed E-state index contributed by atoms with van der Waals surface area (Å²) in [7, 11) is 0. The van der Waals surface area contributed by atoms with Gasteiger partial charge in [-0.1, -0.05) is 187 Å². The van der Waals surface area contributed by atoms with Crippen molar-refractivity contribution in [2.45, 2.75) is 225 Å². The second-order valence-corrected chi connectivity index (χ2v) is 14.0. The van der Waals surface area contributed by atoms with Crippen LogP contribution in [-0.2, 0) is 14.3 Å². The first-order chi connectivity index (χ1) is 23.0. The van der Waals surface area contributed by atoms with Crippen LogP contribution in [0.15, 0.2) is 4.99 Å². The molecule has 0 spiro atoms. The molecule has 0 aliphatic rings. The zero-order valence-electron chi connectivity index (χ0n) is 31.4. The van der Waals surface area contributed by atoms with E-state index in [2.05, 4.69) is 24.2 Å². The number of hydrogen-bond acceptors (Lipinski definition) is 4. The summed E-state index contributed by atoms with van der Waals surface area (Å²) in [4.78, 5) is 29.5. The summed E-state index contributed by atoms with van der Waals surface area (Å²) in [6, 6.07) is -0.639. The molecule has 0 unspecified atom stereocenters. The number of hydrogen-bond donors (Lipinski definition) is 3. The van der Waals surface area contributed by atoms with Gasteiger partial charge in [-0.05, 0) is 25.7 Å². The van der Waals surface area contributed by atoms with Crippen molar-refractivity contribution in [1.82, 2.24) is 5.32 Å². The molecule has 0 radical (unpaired) electrons. The van der Waals surface area contributed by atoms with Crippen LogP contribution in [-0.4, -0.2) is 37.0 Å². The van der Waals surface area contributed by atoms with Gasteiger partial charge < -0.3 is 21.5 Å². The van der Waals surface area contributed by atoms with Gasteiger partial charge >= 0.3 is 5.97 Å². The van der Waals surface area contributed by atoms with Crippen LogP contribution in [0.25, 0.3) is 0 Å². The Morgan fingerprint density at radius 1 is 0.532 bits per heavy atom. The van der Waals surface area contributed by atoms with E-state index < -0.39 is 6.04 Å². The number of amides is 1. The Bertz CT molecular complexity index is 712. The fourth-order valence-corrected chi connectivity index (χ4v) is 6.25. The average molecular weight is 665 g/mol. The number of nitrogens with two attached hydrogens (primary N) is 2. The summed E-state index contributed by atoms with van der Waals surface area (Å²) in [5.41, 5.74) is 10.9. The number of ether oxygens (including phenoxy) is 1. The summed E-state index contributed by atoms with van der Waals surface area (Å²) in [5, 5.41) is 2.93. The average Bonchev–Trinajstić information content (AvgIpc) is 3.05. The molecule has 0 rings (SSSR count). The van der Waals surface area contributed by atoms with E-state index in [4.69, 9.17) is 16.2 Å². The van der Waals surface area contributed by atoms with Crippen LogP contribution in [0.4, 0.5) is 0 Å². The molecule has 278 valence electrons. The Labute approximate surface area is 292 Å². The maximum atomic E-state index is 12.8. The second kappa shape index (κ2) is 37.0. The highest BCUT2D eigenvalue weighted by Crippen LogP contribution is 2.15. The Morgan fingerprint density at radius 3 is 1.28 bits per heavy atom. The lowest BCUT2D eigenvalue weighted by Crippen LogP contribution is -2.42. The third-order valence-corrected chi connectivity index (χ3v) is 9.31.